The topological polar surface area (TPSA) is 105 Å². The van der Waals surface area contributed by atoms with Crippen molar-refractivity contribution >= 4 is 89.7 Å². The summed E-state index contributed by atoms with van der Waals surface area (Å²) in [5, 5.41) is 7.77. The molecule has 8 aromatic carbocycles. The van der Waals surface area contributed by atoms with Gasteiger partial charge in [-0.05, 0) is 95.1 Å². The van der Waals surface area contributed by atoms with Crippen LogP contribution in [0.2, 0.25) is 0 Å². The first-order chi connectivity index (χ1) is 37.8. The summed E-state index contributed by atoms with van der Waals surface area (Å²) in [4.78, 5) is 52.4. The number of carbonyl (C=O) groups excluding carboxylic acids is 4. The molecule has 12 heteroatoms. The summed E-state index contributed by atoms with van der Waals surface area (Å²) in [6, 6.07) is 83.3. The van der Waals surface area contributed by atoms with Crippen LogP contribution in [0.15, 0.2) is 265 Å². The fraction of sp³-hybridized carbons (Fsp3) is 0.134. The molecule has 79 heavy (non-hydrogen) atoms. The summed E-state index contributed by atoms with van der Waals surface area (Å²) >= 11 is 6.06. The molecule has 0 spiro atoms. The summed E-state index contributed by atoms with van der Waals surface area (Å²) in [6.07, 6.45) is 2.20. The van der Waals surface area contributed by atoms with E-state index in [1.807, 2.05) is 81.4 Å². The molecule has 1 unspecified atom stereocenters. The molecule has 1 atom stereocenters. The van der Waals surface area contributed by atoms with Crippen LogP contribution in [0.4, 0.5) is 0 Å². The Labute approximate surface area is 487 Å². The van der Waals surface area contributed by atoms with Gasteiger partial charge in [0, 0.05) is 5.57 Å². The van der Waals surface area contributed by atoms with Gasteiger partial charge in [0.25, 0.3) is 11.9 Å². The Hall–Kier alpha value is -7.27. The summed E-state index contributed by atoms with van der Waals surface area (Å²) < 4.78 is 19.7. The third-order valence-corrected chi connectivity index (χ3v) is 18.6. The van der Waals surface area contributed by atoms with Gasteiger partial charge in [-0.15, -0.1) is 5.25 Å². The maximum atomic E-state index is 13.7. The third kappa shape index (κ3) is 17.4. The number of ether oxygens (including phenoxy) is 4. The van der Waals surface area contributed by atoms with Crippen LogP contribution in [-0.2, 0) is 71.2 Å². The number of benzene rings is 8. The number of esters is 4. The van der Waals surface area contributed by atoms with Crippen molar-refractivity contribution in [2.45, 2.75) is 26.0 Å². The van der Waals surface area contributed by atoms with Crippen LogP contribution in [0, 0.1) is 11.5 Å². The van der Waals surface area contributed by atoms with Gasteiger partial charge in [-0.25, -0.2) is 4.79 Å². The van der Waals surface area contributed by atoms with Crippen LogP contribution < -0.4 is 31.8 Å². The minimum absolute atomic E-state index is 0. The summed E-state index contributed by atoms with van der Waals surface area (Å²) in [6.45, 7) is 5.63. The molecule has 0 amide bonds. The van der Waals surface area contributed by atoms with E-state index in [1.54, 1.807) is 0 Å². The first-order valence-corrected chi connectivity index (χ1v) is 28.6. The molecular weight excluding hydrogens is 1130 g/mol. The molecule has 0 saturated carbocycles. The predicted molar refractivity (Wildman–Crippen MR) is 324 cm³/mol. The summed E-state index contributed by atoms with van der Waals surface area (Å²) in [5.41, 5.74) is -0.242. The molecule has 0 saturated heterocycles. The molecule has 0 aromatic heterocycles. The Bertz CT molecular complexity index is 2920. The van der Waals surface area contributed by atoms with Crippen molar-refractivity contribution in [1.82, 2.24) is 0 Å². The number of methoxy groups -OCH3 is 4. The standard InChI is InChI=1S/C31H33O8S.2C18H15P.Pd/c1-31(2,3)27(40)25(23(19-14-10-8-11-15-19)20-16-12-9-13-17-20)26(30(35)39-7)24(29(34)38-6)21(28(33)37-5)18-22(32)36-4;2*1-4-10-16(11-5-1)19(17-12-6-2-7-13-17)18-14-8-3-9-15-18;/h8-17,27,40H,1-7H3;2*1-15H;/q-1;;;+2/p+1/b26-24-;;;. The van der Waals surface area contributed by atoms with Gasteiger partial charge in [0.1, 0.15) is 31.8 Å². The molecule has 0 aliphatic carbocycles. The van der Waals surface area contributed by atoms with Crippen LogP contribution in [0.1, 0.15) is 31.9 Å². The molecule has 0 radical (unpaired) electrons. The molecule has 404 valence electrons. The second-order valence-corrected chi connectivity index (χ2v) is 23.9. The third-order valence-electron chi connectivity index (χ3n) is 12.2. The largest absolute Gasteiger partial charge is 2.00 e. The normalized spacial score (nSPS) is 11.6. The Balaban J connectivity index is 0.000000242. The van der Waals surface area contributed by atoms with Crippen LogP contribution in [0.3, 0.4) is 0 Å². The average Bonchev–Trinajstić information content (AvgIpc) is 3.59. The summed E-state index contributed by atoms with van der Waals surface area (Å²) in [5.74, 6) is -4.34. The molecule has 8 aromatic rings. The monoisotopic (exact) mass is 1200 g/mol. The molecule has 0 fully saturated rings. The molecule has 0 bridgehead atoms. The fourth-order valence-corrected chi connectivity index (χ4v) is 13.9. The second-order valence-electron chi connectivity index (χ2n) is 18.4. The Morgan fingerprint density at radius 3 is 0.886 bits per heavy atom. The van der Waals surface area contributed by atoms with Crippen molar-refractivity contribution in [3.63, 3.8) is 0 Å². The van der Waals surface area contributed by atoms with E-state index in [0.29, 0.717) is 16.7 Å². The summed E-state index contributed by atoms with van der Waals surface area (Å²) in [7, 11) is 2.56. The quantitative estimate of drug-likeness (QED) is 0.0145. The van der Waals surface area contributed by atoms with Crippen molar-refractivity contribution in [2.24, 2.45) is 5.41 Å². The molecule has 0 aliphatic rings. The van der Waals surface area contributed by atoms with E-state index in [2.05, 4.69) is 193 Å². The molecule has 0 aliphatic heterocycles. The van der Waals surface area contributed by atoms with E-state index in [0.717, 1.165) is 28.4 Å². The van der Waals surface area contributed by atoms with E-state index in [1.165, 1.54) is 31.8 Å². The Morgan fingerprint density at radius 2 is 0.646 bits per heavy atom. The Kier molecular flexibility index (Phi) is 25.3. The number of rotatable bonds is 15. The zero-order chi connectivity index (χ0) is 55.9. The van der Waals surface area contributed by atoms with Crippen molar-refractivity contribution in [2.75, 3.05) is 28.4 Å². The SMILES string of the molecule is COC(=O)[C-]=C(C(=O)OC)/C(C(=O)OC)=C(/C(=O)OC)C(=C(c1ccccc1)c1ccccc1)C([S-])C(C)(C)C.[Pd+2].c1ccc([PH+](c2ccccc2)c2ccccc2)cc1.c1ccc([PH+](c2ccccc2)c2ccccc2)cc1. The van der Waals surface area contributed by atoms with E-state index in [-0.39, 0.29) is 31.6 Å². The second kappa shape index (κ2) is 32.0. The minimum Gasteiger partial charge on any atom is -0.784 e. The molecule has 0 N–H and O–H groups in total. The smallest absolute Gasteiger partial charge is 0.784 e. The van der Waals surface area contributed by atoms with Crippen molar-refractivity contribution in [1.29, 1.82) is 0 Å². The van der Waals surface area contributed by atoms with Crippen molar-refractivity contribution < 1.29 is 58.5 Å². The maximum Gasteiger partial charge on any atom is 2.00 e. The molecule has 8 rings (SSSR count). The number of hydrogen-bond donors (Lipinski definition) is 0. The zero-order valence-corrected chi connectivity index (χ0v) is 49.5. The van der Waals surface area contributed by atoms with E-state index in [4.69, 9.17) is 26.8 Å². The average molecular weight is 1200 g/mol. The first kappa shape index (κ1) is 62.6. The van der Waals surface area contributed by atoms with Gasteiger partial charge in [-0.2, -0.15) is 0 Å². The van der Waals surface area contributed by atoms with Gasteiger partial charge >= 0.3 is 26.4 Å². The first-order valence-electron chi connectivity index (χ1n) is 25.1. The van der Waals surface area contributed by atoms with Gasteiger partial charge < -0.3 is 36.4 Å². The van der Waals surface area contributed by atoms with E-state index < -0.39 is 61.5 Å². The number of carbonyl (C=O) groups is 4. The van der Waals surface area contributed by atoms with Gasteiger partial charge in [-0.3, -0.25) is 9.59 Å². The van der Waals surface area contributed by atoms with Crippen LogP contribution in [0.5, 0.6) is 0 Å². The zero-order valence-electron chi connectivity index (χ0n) is 45.2. The Morgan fingerprint density at radius 1 is 0.392 bits per heavy atom. The van der Waals surface area contributed by atoms with Gasteiger partial charge in [0.15, 0.2) is 0 Å². The van der Waals surface area contributed by atoms with Crippen molar-refractivity contribution in [3.05, 3.63) is 282 Å². The van der Waals surface area contributed by atoms with Gasteiger partial charge in [0.05, 0.1) is 44.3 Å². The van der Waals surface area contributed by atoms with E-state index >= 15 is 0 Å². The van der Waals surface area contributed by atoms with Gasteiger partial charge in [0.2, 0.25) is 5.97 Å². The fourth-order valence-electron chi connectivity index (χ4n) is 8.49. The minimum atomic E-state index is -1.13. The van der Waals surface area contributed by atoms with Crippen LogP contribution in [0.25, 0.3) is 5.57 Å². The molecule has 8 nitrogen and oxygen atoms in total. The predicted octanol–water partition coefficient (Wildman–Crippen LogP) is 10.5. The van der Waals surface area contributed by atoms with Crippen LogP contribution in [-0.4, -0.2) is 57.6 Å². The number of hydrogen-bond acceptors (Lipinski definition) is 9. The molecule has 0 heterocycles. The molecular formula is C67H64O8P2PdS+2. The van der Waals surface area contributed by atoms with Crippen molar-refractivity contribution in [3.8, 4) is 0 Å². The van der Waals surface area contributed by atoms with E-state index in [9.17, 15) is 19.2 Å². The van der Waals surface area contributed by atoms with Gasteiger partial charge in [-0.1, -0.05) is 213 Å². The van der Waals surface area contributed by atoms with Crippen LogP contribution >= 0.6 is 15.8 Å². The maximum absolute atomic E-state index is 13.7.